The largest absolute Gasteiger partial charge is 0.486 e. The van der Waals surface area contributed by atoms with Crippen LogP contribution in [0.3, 0.4) is 0 Å². The van der Waals surface area contributed by atoms with Crippen molar-refractivity contribution in [3.8, 4) is 23.4 Å². The number of carbonyl (C=O) groups is 1. The standard InChI is InChI=1S/C26H25N3O3S.C2H6/c1-28-33-17-20(13-14-30)19-6-8-21(9-7-19)31-25-11-10-23-22(25)3-2-4-24(23)32-26-12-5-18(15-27)16-29-26;1-2/h2-9,12,14,16,20,25,28H,10-11,13,17H2,1H3;1-2H3. The van der Waals surface area contributed by atoms with Gasteiger partial charge in [-0.25, -0.2) is 4.98 Å². The number of fused-ring (bicyclic) bond motifs is 1. The predicted octanol–water partition coefficient (Wildman–Crippen LogP) is 6.38. The number of pyridine rings is 1. The van der Waals surface area contributed by atoms with E-state index in [1.54, 1.807) is 24.1 Å². The van der Waals surface area contributed by atoms with Gasteiger partial charge in [-0.05, 0) is 55.3 Å². The van der Waals surface area contributed by atoms with E-state index in [1.807, 2.05) is 57.3 Å². The third-order valence-corrected chi connectivity index (χ3v) is 6.55. The van der Waals surface area contributed by atoms with Crippen LogP contribution in [0.4, 0.5) is 0 Å². The molecule has 2 aromatic carbocycles. The van der Waals surface area contributed by atoms with E-state index in [1.165, 1.54) is 6.20 Å². The molecule has 2 unspecified atom stereocenters. The van der Waals surface area contributed by atoms with Crippen LogP contribution < -0.4 is 14.2 Å². The van der Waals surface area contributed by atoms with E-state index in [0.29, 0.717) is 17.9 Å². The highest BCUT2D eigenvalue weighted by Crippen LogP contribution is 2.40. The molecule has 1 aromatic heterocycles. The predicted molar refractivity (Wildman–Crippen MR) is 140 cm³/mol. The molecule has 1 heterocycles. The summed E-state index contributed by atoms with van der Waals surface area (Å²) in [5, 5.41) is 8.93. The van der Waals surface area contributed by atoms with Crippen molar-refractivity contribution in [3.63, 3.8) is 0 Å². The van der Waals surface area contributed by atoms with E-state index in [2.05, 4.69) is 21.8 Å². The van der Waals surface area contributed by atoms with Crippen LogP contribution >= 0.6 is 11.9 Å². The van der Waals surface area contributed by atoms with Crippen molar-refractivity contribution < 1.29 is 14.3 Å². The molecule has 2 atom stereocenters. The van der Waals surface area contributed by atoms with E-state index in [-0.39, 0.29) is 12.0 Å². The summed E-state index contributed by atoms with van der Waals surface area (Å²) in [6.07, 6.45) is 4.66. The number of aromatic nitrogens is 1. The van der Waals surface area contributed by atoms with Crippen LogP contribution in [0.2, 0.25) is 0 Å². The van der Waals surface area contributed by atoms with Gasteiger partial charge in [0, 0.05) is 35.9 Å². The number of benzene rings is 2. The SMILES string of the molecule is CC.CNSCC(CC=O)c1ccc(OC2CCc3c(Oc4ccc(C#N)cn4)cccc32)cc1. The molecule has 4 rings (SSSR count). The molecule has 0 fully saturated rings. The van der Waals surface area contributed by atoms with Crippen molar-refractivity contribution in [2.24, 2.45) is 0 Å². The Morgan fingerprint density at radius 1 is 1.20 bits per heavy atom. The molecule has 0 saturated heterocycles. The summed E-state index contributed by atoms with van der Waals surface area (Å²) in [5.74, 6) is 3.05. The molecule has 1 N–H and O–H groups in total. The number of nitrogens with one attached hydrogen (secondary N) is 1. The van der Waals surface area contributed by atoms with Crippen molar-refractivity contribution in [2.75, 3.05) is 12.8 Å². The zero-order chi connectivity index (χ0) is 25.0. The highest BCUT2D eigenvalue weighted by atomic mass is 32.2. The van der Waals surface area contributed by atoms with Crippen molar-refractivity contribution in [1.82, 2.24) is 9.71 Å². The average Bonchev–Trinajstić information content (AvgIpc) is 3.32. The number of nitrogens with zero attached hydrogens (tertiary/aromatic N) is 2. The van der Waals surface area contributed by atoms with Crippen molar-refractivity contribution in [3.05, 3.63) is 83.0 Å². The Morgan fingerprint density at radius 3 is 2.66 bits per heavy atom. The smallest absolute Gasteiger partial charge is 0.219 e. The highest BCUT2D eigenvalue weighted by molar-refractivity contribution is 7.97. The van der Waals surface area contributed by atoms with Gasteiger partial charge < -0.3 is 14.3 Å². The van der Waals surface area contributed by atoms with Crippen LogP contribution in [-0.4, -0.2) is 24.1 Å². The molecule has 0 bridgehead atoms. The number of ether oxygens (including phenoxy) is 2. The number of aldehydes is 1. The monoisotopic (exact) mass is 489 g/mol. The lowest BCUT2D eigenvalue weighted by atomic mass is 9.98. The van der Waals surface area contributed by atoms with Gasteiger partial charge in [0.2, 0.25) is 5.88 Å². The van der Waals surface area contributed by atoms with Crippen molar-refractivity contribution >= 4 is 18.2 Å². The van der Waals surface area contributed by atoms with Crippen molar-refractivity contribution in [1.29, 1.82) is 5.26 Å². The molecule has 7 heteroatoms. The Morgan fingerprint density at radius 2 is 2.00 bits per heavy atom. The van der Waals surface area contributed by atoms with Crippen LogP contribution in [-0.2, 0) is 11.2 Å². The summed E-state index contributed by atoms with van der Waals surface area (Å²) >= 11 is 1.61. The fourth-order valence-electron chi connectivity index (χ4n) is 4.00. The normalized spacial score (nSPS) is 14.6. The maximum absolute atomic E-state index is 11.1. The first-order chi connectivity index (χ1) is 17.2. The lowest BCUT2D eigenvalue weighted by Crippen LogP contribution is -2.07. The minimum Gasteiger partial charge on any atom is -0.486 e. The van der Waals surface area contributed by atoms with Gasteiger partial charge in [0.25, 0.3) is 0 Å². The van der Waals surface area contributed by atoms with Gasteiger partial charge in [-0.15, -0.1) is 0 Å². The first kappa shape index (κ1) is 26.3. The molecule has 1 aliphatic rings. The van der Waals surface area contributed by atoms with Crippen LogP contribution in [0, 0.1) is 11.3 Å². The first-order valence-electron chi connectivity index (χ1n) is 11.9. The summed E-state index contributed by atoms with van der Waals surface area (Å²) in [4.78, 5) is 15.3. The third kappa shape index (κ3) is 6.84. The second-order valence-electron chi connectivity index (χ2n) is 7.75. The maximum atomic E-state index is 11.1. The second-order valence-corrected chi connectivity index (χ2v) is 8.78. The highest BCUT2D eigenvalue weighted by Gasteiger charge is 2.27. The Hall–Kier alpha value is -3.34. The molecular weight excluding hydrogens is 458 g/mol. The second kappa shape index (κ2) is 13.5. The van der Waals surface area contributed by atoms with Gasteiger partial charge >= 0.3 is 0 Å². The molecule has 3 aromatic rings. The van der Waals surface area contributed by atoms with Gasteiger partial charge in [0.1, 0.15) is 30.0 Å². The van der Waals surface area contributed by atoms with Crippen LogP contribution in [0.25, 0.3) is 0 Å². The number of hydrogen-bond donors (Lipinski definition) is 1. The molecule has 6 nitrogen and oxygen atoms in total. The lowest BCUT2D eigenvalue weighted by molar-refractivity contribution is -0.108. The Bertz CT molecular complexity index is 1130. The number of nitriles is 1. The third-order valence-electron chi connectivity index (χ3n) is 5.69. The number of hydrogen-bond acceptors (Lipinski definition) is 7. The molecular formula is C28H31N3O3S. The first-order valence-corrected chi connectivity index (χ1v) is 12.8. The maximum Gasteiger partial charge on any atom is 0.219 e. The van der Waals surface area contributed by atoms with Gasteiger partial charge in [0.15, 0.2) is 0 Å². The quantitative estimate of drug-likeness (QED) is 0.261. The molecule has 0 spiro atoms. The summed E-state index contributed by atoms with van der Waals surface area (Å²) < 4.78 is 15.4. The molecule has 35 heavy (non-hydrogen) atoms. The Labute approximate surface area is 211 Å². The molecule has 182 valence electrons. The molecule has 0 radical (unpaired) electrons. The minimum atomic E-state index is -0.0473. The van der Waals surface area contributed by atoms with Gasteiger partial charge in [-0.3, -0.25) is 4.72 Å². The summed E-state index contributed by atoms with van der Waals surface area (Å²) in [6, 6.07) is 19.5. The fraction of sp³-hybridized carbons (Fsp3) is 0.321. The van der Waals surface area contributed by atoms with Gasteiger partial charge in [0.05, 0.1) is 5.56 Å². The van der Waals surface area contributed by atoms with E-state index >= 15 is 0 Å². The summed E-state index contributed by atoms with van der Waals surface area (Å²) in [7, 11) is 1.89. The summed E-state index contributed by atoms with van der Waals surface area (Å²) in [6.45, 7) is 4.00. The van der Waals surface area contributed by atoms with Crippen LogP contribution in [0.5, 0.6) is 17.4 Å². The van der Waals surface area contributed by atoms with E-state index in [0.717, 1.165) is 53.1 Å². The number of carbonyl (C=O) groups excluding carboxylic acids is 1. The van der Waals surface area contributed by atoms with Crippen LogP contribution in [0.1, 0.15) is 61.0 Å². The Balaban J connectivity index is 0.00000167. The molecule has 1 aliphatic carbocycles. The zero-order valence-corrected chi connectivity index (χ0v) is 21.2. The lowest BCUT2D eigenvalue weighted by Gasteiger charge is -2.18. The number of rotatable bonds is 10. The zero-order valence-electron chi connectivity index (χ0n) is 20.4. The van der Waals surface area contributed by atoms with Gasteiger partial charge in [-0.1, -0.05) is 50.1 Å². The molecule has 0 saturated carbocycles. The fourth-order valence-corrected chi connectivity index (χ4v) is 4.70. The van der Waals surface area contributed by atoms with E-state index in [4.69, 9.17) is 14.7 Å². The summed E-state index contributed by atoms with van der Waals surface area (Å²) in [5.41, 5.74) is 3.88. The molecule has 0 amide bonds. The van der Waals surface area contributed by atoms with E-state index < -0.39 is 0 Å². The topological polar surface area (TPSA) is 84.2 Å². The van der Waals surface area contributed by atoms with Crippen LogP contribution in [0.15, 0.2) is 60.8 Å². The van der Waals surface area contributed by atoms with E-state index in [9.17, 15) is 4.79 Å². The molecule has 0 aliphatic heterocycles. The van der Waals surface area contributed by atoms with Gasteiger partial charge in [-0.2, -0.15) is 5.26 Å². The average molecular weight is 490 g/mol. The minimum absolute atomic E-state index is 0.0473. The van der Waals surface area contributed by atoms with Crippen molar-refractivity contribution in [2.45, 2.75) is 45.1 Å². The Kier molecular flexibility index (Phi) is 10.1.